The van der Waals surface area contributed by atoms with E-state index in [9.17, 15) is 9.59 Å². The molecular weight excluding hydrogens is 277 g/mol. The first-order valence-corrected chi connectivity index (χ1v) is 6.10. The van der Waals surface area contributed by atoms with Crippen LogP contribution in [-0.4, -0.2) is 25.5 Å². The van der Waals surface area contributed by atoms with Crippen LogP contribution in [0.3, 0.4) is 0 Å². The SMILES string of the molecule is COC(=O)CCCNC(=O)c1ccc(Cl)cc1Cl. The van der Waals surface area contributed by atoms with Crippen LogP contribution >= 0.6 is 23.2 Å². The number of hydrogen-bond acceptors (Lipinski definition) is 3. The van der Waals surface area contributed by atoms with Gasteiger partial charge < -0.3 is 10.1 Å². The first-order valence-electron chi connectivity index (χ1n) is 5.34. The fourth-order valence-electron chi connectivity index (χ4n) is 1.31. The summed E-state index contributed by atoms with van der Waals surface area (Å²) >= 11 is 11.6. The second-order valence-corrected chi connectivity index (χ2v) is 4.40. The fourth-order valence-corrected chi connectivity index (χ4v) is 1.80. The van der Waals surface area contributed by atoms with Gasteiger partial charge in [-0.2, -0.15) is 0 Å². The smallest absolute Gasteiger partial charge is 0.305 e. The summed E-state index contributed by atoms with van der Waals surface area (Å²) in [5.41, 5.74) is 0.360. The highest BCUT2D eigenvalue weighted by Crippen LogP contribution is 2.20. The Morgan fingerprint density at radius 1 is 1.33 bits per heavy atom. The zero-order valence-corrected chi connectivity index (χ0v) is 11.3. The number of esters is 1. The Hall–Kier alpha value is -1.26. The van der Waals surface area contributed by atoms with Gasteiger partial charge in [-0.25, -0.2) is 0 Å². The van der Waals surface area contributed by atoms with Gasteiger partial charge in [-0.05, 0) is 24.6 Å². The molecular formula is C12H13Cl2NO3. The van der Waals surface area contributed by atoms with E-state index in [4.69, 9.17) is 23.2 Å². The number of amides is 1. The van der Waals surface area contributed by atoms with Crippen molar-refractivity contribution >= 4 is 35.1 Å². The maximum atomic E-state index is 11.7. The molecule has 0 saturated carbocycles. The van der Waals surface area contributed by atoms with E-state index < -0.39 is 0 Å². The van der Waals surface area contributed by atoms with Gasteiger partial charge in [0, 0.05) is 18.0 Å². The first-order chi connectivity index (χ1) is 8.54. The second-order valence-electron chi connectivity index (χ2n) is 3.56. The number of halogens is 2. The number of rotatable bonds is 5. The molecule has 0 aliphatic carbocycles. The van der Waals surface area contributed by atoms with Crippen molar-refractivity contribution in [2.75, 3.05) is 13.7 Å². The number of carbonyl (C=O) groups is 2. The summed E-state index contributed by atoms with van der Waals surface area (Å²) in [4.78, 5) is 22.6. The van der Waals surface area contributed by atoms with Gasteiger partial charge in [0.15, 0.2) is 0 Å². The van der Waals surface area contributed by atoms with Crippen LogP contribution in [0.15, 0.2) is 18.2 Å². The maximum absolute atomic E-state index is 11.7. The van der Waals surface area contributed by atoms with Gasteiger partial charge in [0.1, 0.15) is 0 Å². The minimum absolute atomic E-state index is 0.269. The third kappa shape index (κ3) is 4.55. The maximum Gasteiger partial charge on any atom is 0.305 e. The predicted molar refractivity (Wildman–Crippen MR) is 70.0 cm³/mol. The van der Waals surface area contributed by atoms with E-state index in [1.165, 1.54) is 13.2 Å². The summed E-state index contributed by atoms with van der Waals surface area (Å²) in [7, 11) is 1.33. The third-order valence-electron chi connectivity index (χ3n) is 2.25. The standard InChI is InChI=1S/C12H13Cl2NO3/c1-18-11(16)3-2-6-15-12(17)9-5-4-8(13)7-10(9)14/h4-5,7H,2-3,6H2,1H3,(H,15,17). The minimum atomic E-state index is -0.297. The Labute approximate surface area is 115 Å². The molecule has 0 bridgehead atoms. The summed E-state index contributed by atoms with van der Waals surface area (Å²) in [5, 5.41) is 3.44. The Balaban J connectivity index is 2.43. The van der Waals surface area contributed by atoms with Crippen molar-refractivity contribution in [3.8, 4) is 0 Å². The highest BCUT2D eigenvalue weighted by Gasteiger charge is 2.10. The van der Waals surface area contributed by atoms with E-state index in [1.54, 1.807) is 12.1 Å². The first kappa shape index (κ1) is 14.8. The molecule has 1 amide bonds. The van der Waals surface area contributed by atoms with Crippen LogP contribution < -0.4 is 5.32 Å². The Morgan fingerprint density at radius 3 is 2.67 bits per heavy atom. The summed E-state index contributed by atoms with van der Waals surface area (Å²) in [5.74, 6) is -0.588. The van der Waals surface area contributed by atoms with Gasteiger partial charge in [-0.1, -0.05) is 23.2 Å². The van der Waals surface area contributed by atoms with Crippen LogP contribution in [0.5, 0.6) is 0 Å². The lowest BCUT2D eigenvalue weighted by atomic mass is 10.2. The van der Waals surface area contributed by atoms with Crippen molar-refractivity contribution < 1.29 is 14.3 Å². The van der Waals surface area contributed by atoms with Crippen LogP contribution in [0.4, 0.5) is 0 Å². The lowest BCUT2D eigenvalue weighted by Gasteiger charge is -2.06. The van der Waals surface area contributed by atoms with Crippen LogP contribution in [-0.2, 0) is 9.53 Å². The topological polar surface area (TPSA) is 55.4 Å². The second kappa shape index (κ2) is 7.24. The van der Waals surface area contributed by atoms with E-state index in [0.29, 0.717) is 28.6 Å². The van der Waals surface area contributed by atoms with E-state index in [2.05, 4.69) is 10.1 Å². The molecule has 98 valence electrons. The Morgan fingerprint density at radius 2 is 2.06 bits per heavy atom. The summed E-state index contributed by atoms with van der Waals surface area (Å²) in [6, 6.07) is 4.66. The highest BCUT2D eigenvalue weighted by atomic mass is 35.5. The largest absolute Gasteiger partial charge is 0.469 e. The van der Waals surface area contributed by atoms with Gasteiger partial charge in [-0.15, -0.1) is 0 Å². The van der Waals surface area contributed by atoms with E-state index >= 15 is 0 Å². The molecule has 0 aliphatic heterocycles. The summed E-state index contributed by atoms with van der Waals surface area (Å²) in [6.07, 6.45) is 0.786. The molecule has 0 saturated heterocycles. The average Bonchev–Trinajstić information content (AvgIpc) is 2.34. The molecule has 4 nitrogen and oxygen atoms in total. The highest BCUT2D eigenvalue weighted by molar-refractivity contribution is 6.36. The third-order valence-corrected chi connectivity index (χ3v) is 2.79. The molecule has 1 rings (SSSR count). The number of ether oxygens (including phenoxy) is 1. The van der Waals surface area contributed by atoms with Crippen molar-refractivity contribution in [2.45, 2.75) is 12.8 Å². The molecule has 18 heavy (non-hydrogen) atoms. The van der Waals surface area contributed by atoms with Gasteiger partial charge in [0.05, 0.1) is 17.7 Å². The Bertz CT molecular complexity index is 449. The molecule has 1 aromatic rings. The van der Waals surface area contributed by atoms with Gasteiger partial charge in [-0.3, -0.25) is 9.59 Å². The number of benzene rings is 1. The molecule has 0 radical (unpaired) electrons. The lowest BCUT2D eigenvalue weighted by Crippen LogP contribution is -2.25. The normalized spacial score (nSPS) is 9.94. The van der Waals surface area contributed by atoms with Crippen LogP contribution in [0.2, 0.25) is 10.0 Å². The molecule has 1 N–H and O–H groups in total. The summed E-state index contributed by atoms with van der Waals surface area (Å²) in [6.45, 7) is 0.382. The van der Waals surface area contributed by atoms with E-state index in [1.807, 2.05) is 0 Å². The van der Waals surface area contributed by atoms with Crippen LogP contribution in [0.1, 0.15) is 23.2 Å². The molecule has 0 heterocycles. The average molecular weight is 290 g/mol. The van der Waals surface area contributed by atoms with E-state index in [0.717, 1.165) is 0 Å². The molecule has 0 spiro atoms. The predicted octanol–water partition coefficient (Wildman–Crippen LogP) is 2.68. The zero-order chi connectivity index (χ0) is 13.5. The van der Waals surface area contributed by atoms with E-state index in [-0.39, 0.29) is 18.3 Å². The monoisotopic (exact) mass is 289 g/mol. The Kier molecular flexibility index (Phi) is 5.95. The molecule has 0 aliphatic rings. The van der Waals surface area contributed by atoms with Gasteiger partial charge in [0.2, 0.25) is 0 Å². The van der Waals surface area contributed by atoms with Crippen LogP contribution in [0, 0.1) is 0 Å². The lowest BCUT2D eigenvalue weighted by molar-refractivity contribution is -0.140. The molecule has 0 fully saturated rings. The minimum Gasteiger partial charge on any atom is -0.469 e. The molecule has 0 aromatic heterocycles. The fraction of sp³-hybridized carbons (Fsp3) is 0.333. The molecule has 0 unspecified atom stereocenters. The quantitative estimate of drug-likeness (QED) is 0.670. The zero-order valence-electron chi connectivity index (χ0n) is 9.83. The number of methoxy groups -OCH3 is 1. The van der Waals surface area contributed by atoms with Crippen molar-refractivity contribution in [1.82, 2.24) is 5.32 Å². The molecule has 1 aromatic carbocycles. The molecule has 0 atom stereocenters. The van der Waals surface area contributed by atoms with Crippen molar-refractivity contribution in [3.63, 3.8) is 0 Å². The van der Waals surface area contributed by atoms with Gasteiger partial charge >= 0.3 is 5.97 Å². The van der Waals surface area contributed by atoms with Gasteiger partial charge in [0.25, 0.3) is 5.91 Å². The number of carbonyl (C=O) groups excluding carboxylic acids is 2. The number of nitrogens with one attached hydrogen (secondary N) is 1. The van der Waals surface area contributed by atoms with Crippen molar-refractivity contribution in [2.24, 2.45) is 0 Å². The number of hydrogen-bond donors (Lipinski definition) is 1. The van der Waals surface area contributed by atoms with Crippen molar-refractivity contribution in [3.05, 3.63) is 33.8 Å². The molecule has 6 heteroatoms. The van der Waals surface area contributed by atoms with Crippen molar-refractivity contribution in [1.29, 1.82) is 0 Å². The summed E-state index contributed by atoms with van der Waals surface area (Å²) < 4.78 is 4.49. The van der Waals surface area contributed by atoms with Crippen LogP contribution in [0.25, 0.3) is 0 Å².